The van der Waals surface area contributed by atoms with Gasteiger partial charge in [0.1, 0.15) is 5.01 Å². The Hall–Kier alpha value is -2.99. The van der Waals surface area contributed by atoms with Gasteiger partial charge in [-0.15, -0.1) is 11.3 Å². The van der Waals surface area contributed by atoms with Crippen LogP contribution in [0.5, 0.6) is 0 Å². The molecular weight excluding hydrogens is 370 g/mol. The van der Waals surface area contributed by atoms with Gasteiger partial charge < -0.3 is 10.2 Å². The van der Waals surface area contributed by atoms with Crippen LogP contribution in [0.3, 0.4) is 0 Å². The van der Waals surface area contributed by atoms with Crippen LogP contribution in [0.15, 0.2) is 60.7 Å². The Morgan fingerprint density at radius 3 is 2.61 bits per heavy atom. The second kappa shape index (κ2) is 9.28. The highest BCUT2D eigenvalue weighted by molar-refractivity contribution is 7.18. The van der Waals surface area contributed by atoms with Crippen LogP contribution in [0.1, 0.15) is 30.0 Å². The molecule has 1 aromatic heterocycles. The Balaban J connectivity index is 1.48. The summed E-state index contributed by atoms with van der Waals surface area (Å²) in [5.74, 6) is -0.238. The van der Waals surface area contributed by atoms with Crippen LogP contribution in [-0.4, -0.2) is 35.3 Å². The molecule has 1 N–H and O–H groups in total. The molecule has 0 saturated heterocycles. The van der Waals surface area contributed by atoms with E-state index in [0.29, 0.717) is 6.54 Å². The third-order valence-corrected chi connectivity index (χ3v) is 5.71. The summed E-state index contributed by atoms with van der Waals surface area (Å²) in [5, 5.41) is 3.66. The summed E-state index contributed by atoms with van der Waals surface area (Å²) >= 11 is 1.60. The lowest BCUT2D eigenvalue weighted by Gasteiger charge is -2.23. The molecule has 28 heavy (non-hydrogen) atoms. The SMILES string of the molecule is C[C@H](c1nc2ccccc2s1)N(C)C(=O)CCNC(=O)/C=C/c1ccccc1. The molecule has 0 aliphatic heterocycles. The number of carbonyl (C=O) groups excluding carboxylic acids is 2. The number of nitrogens with one attached hydrogen (secondary N) is 1. The number of nitrogens with zero attached hydrogens (tertiary/aromatic N) is 2. The third-order valence-electron chi connectivity index (χ3n) is 4.51. The highest BCUT2D eigenvalue weighted by atomic mass is 32.1. The van der Waals surface area contributed by atoms with E-state index >= 15 is 0 Å². The predicted molar refractivity (Wildman–Crippen MR) is 114 cm³/mol. The second-order valence-electron chi connectivity index (χ2n) is 6.49. The zero-order valence-corrected chi connectivity index (χ0v) is 16.8. The van der Waals surface area contributed by atoms with E-state index < -0.39 is 0 Å². The van der Waals surface area contributed by atoms with Crippen molar-refractivity contribution in [3.63, 3.8) is 0 Å². The monoisotopic (exact) mass is 393 g/mol. The third kappa shape index (κ3) is 5.04. The van der Waals surface area contributed by atoms with Crippen molar-refractivity contribution in [3.8, 4) is 0 Å². The molecule has 5 nitrogen and oxygen atoms in total. The second-order valence-corrected chi connectivity index (χ2v) is 7.55. The normalized spacial score (nSPS) is 12.2. The number of thiazole rings is 1. The highest BCUT2D eigenvalue weighted by Gasteiger charge is 2.20. The van der Waals surface area contributed by atoms with Crippen LogP contribution in [0.4, 0.5) is 0 Å². The fourth-order valence-electron chi connectivity index (χ4n) is 2.71. The summed E-state index contributed by atoms with van der Waals surface area (Å²) in [6, 6.07) is 17.4. The zero-order chi connectivity index (χ0) is 19.9. The molecule has 0 saturated carbocycles. The average Bonchev–Trinajstić information content (AvgIpc) is 3.16. The van der Waals surface area contributed by atoms with Gasteiger partial charge in [0.2, 0.25) is 11.8 Å². The minimum absolute atomic E-state index is 0.0286. The van der Waals surface area contributed by atoms with E-state index in [1.165, 1.54) is 6.08 Å². The maximum absolute atomic E-state index is 12.5. The molecule has 0 unspecified atom stereocenters. The number of carbonyl (C=O) groups is 2. The number of rotatable bonds is 7. The van der Waals surface area contributed by atoms with E-state index in [-0.39, 0.29) is 24.3 Å². The van der Waals surface area contributed by atoms with Crippen LogP contribution >= 0.6 is 11.3 Å². The molecule has 3 aromatic rings. The summed E-state index contributed by atoms with van der Waals surface area (Å²) in [6.07, 6.45) is 3.47. The van der Waals surface area contributed by atoms with Gasteiger partial charge in [-0.25, -0.2) is 4.98 Å². The Bertz CT molecular complexity index is 949. The lowest BCUT2D eigenvalue weighted by Crippen LogP contribution is -2.33. The summed E-state index contributed by atoms with van der Waals surface area (Å²) < 4.78 is 1.11. The van der Waals surface area contributed by atoms with Crippen molar-refractivity contribution in [2.45, 2.75) is 19.4 Å². The first kappa shape index (κ1) is 19.8. The fraction of sp³-hybridized carbons (Fsp3) is 0.227. The standard InChI is InChI=1S/C22H23N3O2S/c1-16(22-24-18-10-6-7-11-19(18)28-22)25(2)21(27)14-15-23-20(26)13-12-17-8-4-3-5-9-17/h3-13,16H,14-15H2,1-2H3,(H,23,26)/b13-12+/t16-/m1/s1. The molecule has 2 amide bonds. The largest absolute Gasteiger partial charge is 0.352 e. The zero-order valence-electron chi connectivity index (χ0n) is 16.0. The maximum Gasteiger partial charge on any atom is 0.244 e. The number of hydrogen-bond donors (Lipinski definition) is 1. The lowest BCUT2D eigenvalue weighted by atomic mass is 10.2. The van der Waals surface area contributed by atoms with Crippen molar-refractivity contribution in [2.24, 2.45) is 0 Å². The smallest absolute Gasteiger partial charge is 0.244 e. The van der Waals surface area contributed by atoms with Crippen molar-refractivity contribution < 1.29 is 9.59 Å². The van der Waals surface area contributed by atoms with Crippen LogP contribution in [0.2, 0.25) is 0 Å². The van der Waals surface area contributed by atoms with E-state index in [0.717, 1.165) is 20.8 Å². The van der Waals surface area contributed by atoms with Gasteiger partial charge in [-0.2, -0.15) is 0 Å². The quantitative estimate of drug-likeness (QED) is 0.617. The lowest BCUT2D eigenvalue weighted by molar-refractivity contribution is -0.131. The summed E-state index contributed by atoms with van der Waals surface area (Å²) in [7, 11) is 1.77. The Morgan fingerprint density at radius 1 is 1.14 bits per heavy atom. The maximum atomic E-state index is 12.5. The van der Waals surface area contributed by atoms with Crippen LogP contribution < -0.4 is 5.32 Å². The number of aromatic nitrogens is 1. The Kier molecular flexibility index (Phi) is 6.55. The van der Waals surface area contributed by atoms with Gasteiger partial charge in [0.15, 0.2) is 0 Å². The minimum Gasteiger partial charge on any atom is -0.352 e. The summed E-state index contributed by atoms with van der Waals surface area (Å²) in [6.45, 7) is 2.27. The first-order valence-corrected chi connectivity index (χ1v) is 9.98. The van der Waals surface area contributed by atoms with Gasteiger partial charge in [-0.3, -0.25) is 9.59 Å². The van der Waals surface area contributed by atoms with Crippen molar-refractivity contribution in [2.75, 3.05) is 13.6 Å². The van der Waals surface area contributed by atoms with Crippen molar-refractivity contribution in [1.29, 1.82) is 0 Å². The average molecular weight is 394 g/mol. The number of hydrogen-bond acceptors (Lipinski definition) is 4. The Morgan fingerprint density at radius 2 is 1.86 bits per heavy atom. The molecule has 0 aliphatic rings. The summed E-state index contributed by atoms with van der Waals surface area (Å²) in [5.41, 5.74) is 1.91. The van der Waals surface area contributed by atoms with Gasteiger partial charge in [0.25, 0.3) is 0 Å². The fourth-order valence-corrected chi connectivity index (χ4v) is 3.78. The van der Waals surface area contributed by atoms with Gasteiger partial charge in [0, 0.05) is 26.1 Å². The molecule has 0 fully saturated rings. The van der Waals surface area contributed by atoms with Gasteiger partial charge in [-0.1, -0.05) is 42.5 Å². The van der Waals surface area contributed by atoms with Crippen LogP contribution in [-0.2, 0) is 9.59 Å². The first-order chi connectivity index (χ1) is 13.5. The molecule has 144 valence electrons. The molecule has 3 rings (SSSR count). The summed E-state index contributed by atoms with van der Waals surface area (Å²) in [4.78, 5) is 30.7. The first-order valence-electron chi connectivity index (χ1n) is 9.16. The molecule has 0 aliphatic carbocycles. The molecule has 0 bridgehead atoms. The predicted octanol–water partition coefficient (Wildman–Crippen LogP) is 4.04. The van der Waals surface area contributed by atoms with Crippen molar-refractivity contribution >= 4 is 39.4 Å². The van der Waals surface area contributed by atoms with Gasteiger partial charge >= 0.3 is 0 Å². The topological polar surface area (TPSA) is 62.3 Å². The molecule has 2 aromatic carbocycles. The molecule has 0 radical (unpaired) electrons. The van der Waals surface area contributed by atoms with Gasteiger partial charge in [0.05, 0.1) is 16.3 Å². The van der Waals surface area contributed by atoms with E-state index in [1.807, 2.05) is 61.5 Å². The van der Waals surface area contributed by atoms with E-state index in [1.54, 1.807) is 29.4 Å². The minimum atomic E-state index is -0.210. The van der Waals surface area contributed by atoms with Gasteiger partial charge in [-0.05, 0) is 30.7 Å². The number of benzene rings is 2. The van der Waals surface area contributed by atoms with Crippen LogP contribution in [0, 0.1) is 0 Å². The van der Waals surface area contributed by atoms with Crippen molar-refractivity contribution in [1.82, 2.24) is 15.2 Å². The van der Waals surface area contributed by atoms with E-state index in [2.05, 4.69) is 10.3 Å². The van der Waals surface area contributed by atoms with Crippen LogP contribution in [0.25, 0.3) is 16.3 Å². The number of para-hydroxylation sites is 1. The highest BCUT2D eigenvalue weighted by Crippen LogP contribution is 2.28. The Labute approximate surface area is 168 Å². The molecule has 6 heteroatoms. The molecule has 0 spiro atoms. The van der Waals surface area contributed by atoms with Crippen molar-refractivity contribution in [3.05, 3.63) is 71.2 Å². The number of fused-ring (bicyclic) bond motifs is 1. The molecular formula is C22H23N3O2S. The number of amides is 2. The molecule has 1 heterocycles. The van der Waals surface area contributed by atoms with E-state index in [4.69, 9.17) is 0 Å². The van der Waals surface area contributed by atoms with E-state index in [9.17, 15) is 9.59 Å². The molecule has 1 atom stereocenters.